The summed E-state index contributed by atoms with van der Waals surface area (Å²) in [5.41, 5.74) is 0. The number of hydrogen-bond acceptors (Lipinski definition) is 2. The molecule has 0 heterocycles. The first kappa shape index (κ1) is 16.9. The van der Waals surface area contributed by atoms with Crippen LogP contribution in [0.15, 0.2) is 0 Å². The summed E-state index contributed by atoms with van der Waals surface area (Å²) in [7, 11) is 0. The second-order valence-corrected chi connectivity index (χ2v) is 5.68. The summed E-state index contributed by atoms with van der Waals surface area (Å²) in [5, 5.41) is 8.85. The molecule has 1 atom stereocenters. The van der Waals surface area contributed by atoms with Crippen LogP contribution in [0.2, 0.25) is 0 Å². The van der Waals surface area contributed by atoms with Crippen LogP contribution < -0.4 is 0 Å². The molecule has 0 aromatic heterocycles. The highest BCUT2D eigenvalue weighted by Crippen LogP contribution is 2.20. The molecular weight excluding hydrogens is 230 g/mol. The molecule has 0 fully saturated rings. The smallest absolute Gasteiger partial charge is 0.323 e. The van der Waals surface area contributed by atoms with Crippen LogP contribution in [0.4, 0.5) is 0 Å². The summed E-state index contributed by atoms with van der Waals surface area (Å²) in [4.78, 5) is 24.4. The topological polar surface area (TPSA) is 57.6 Å². The van der Waals surface area contributed by atoms with Gasteiger partial charge in [-0.3, -0.25) is 9.59 Å². The molecular formula is C14H27NO3. The van der Waals surface area contributed by atoms with Crippen LogP contribution in [-0.4, -0.2) is 35.0 Å². The number of aliphatic carboxylic acids is 1. The summed E-state index contributed by atoms with van der Waals surface area (Å²) in [6, 6.07) is 0. The number of nitrogens with zero attached hydrogens (tertiary/aromatic N) is 1. The molecule has 4 heteroatoms. The highest BCUT2D eigenvalue weighted by molar-refractivity contribution is 5.81. The molecule has 0 bridgehead atoms. The Balaban J connectivity index is 4.58. The van der Waals surface area contributed by atoms with Crippen LogP contribution in [0.25, 0.3) is 0 Å². The zero-order valence-electron chi connectivity index (χ0n) is 12.3. The van der Waals surface area contributed by atoms with Crippen LogP contribution in [0.1, 0.15) is 47.5 Å². The standard InChI is InChI=1S/C14H27NO3/c1-6-12(11(4)5)7-13(16)15(8-10(2)3)9-14(17)18/h10-12H,6-9H2,1-5H3,(H,17,18). The van der Waals surface area contributed by atoms with Gasteiger partial charge in [-0.15, -0.1) is 0 Å². The maximum absolute atomic E-state index is 12.2. The van der Waals surface area contributed by atoms with Gasteiger partial charge in [0.05, 0.1) is 0 Å². The molecule has 1 unspecified atom stereocenters. The fourth-order valence-electron chi connectivity index (χ4n) is 2.06. The zero-order chi connectivity index (χ0) is 14.3. The van der Waals surface area contributed by atoms with E-state index in [1.807, 2.05) is 13.8 Å². The SMILES string of the molecule is CCC(CC(=O)N(CC(=O)O)CC(C)C)C(C)C. The van der Waals surface area contributed by atoms with Crippen molar-refractivity contribution in [3.8, 4) is 0 Å². The minimum Gasteiger partial charge on any atom is -0.480 e. The quantitative estimate of drug-likeness (QED) is 0.727. The first-order valence-electron chi connectivity index (χ1n) is 6.77. The Labute approximate surface area is 110 Å². The number of carboxylic acids is 1. The predicted octanol–water partition coefficient (Wildman–Crippen LogP) is 2.63. The van der Waals surface area contributed by atoms with E-state index in [1.165, 1.54) is 4.90 Å². The van der Waals surface area contributed by atoms with Crippen LogP contribution >= 0.6 is 0 Å². The van der Waals surface area contributed by atoms with Crippen molar-refractivity contribution in [1.29, 1.82) is 0 Å². The van der Waals surface area contributed by atoms with Gasteiger partial charge in [-0.2, -0.15) is 0 Å². The molecule has 0 saturated carbocycles. The van der Waals surface area contributed by atoms with E-state index in [4.69, 9.17) is 5.11 Å². The van der Waals surface area contributed by atoms with Gasteiger partial charge in [-0.25, -0.2) is 0 Å². The van der Waals surface area contributed by atoms with Crippen LogP contribution in [0.5, 0.6) is 0 Å². The van der Waals surface area contributed by atoms with E-state index in [0.29, 0.717) is 24.8 Å². The summed E-state index contributed by atoms with van der Waals surface area (Å²) >= 11 is 0. The molecule has 4 nitrogen and oxygen atoms in total. The first-order valence-corrected chi connectivity index (χ1v) is 6.77. The number of carboxylic acid groups (broad SMARTS) is 1. The van der Waals surface area contributed by atoms with E-state index >= 15 is 0 Å². The number of rotatable bonds is 8. The average molecular weight is 257 g/mol. The third kappa shape index (κ3) is 6.62. The van der Waals surface area contributed by atoms with Gasteiger partial charge in [0, 0.05) is 13.0 Å². The molecule has 0 aliphatic rings. The first-order chi connectivity index (χ1) is 8.27. The van der Waals surface area contributed by atoms with E-state index in [1.54, 1.807) is 0 Å². The molecule has 0 aromatic rings. The second-order valence-electron chi connectivity index (χ2n) is 5.68. The van der Waals surface area contributed by atoms with E-state index in [-0.39, 0.29) is 18.4 Å². The van der Waals surface area contributed by atoms with E-state index < -0.39 is 5.97 Å². The molecule has 0 rings (SSSR count). The zero-order valence-corrected chi connectivity index (χ0v) is 12.3. The Bertz CT molecular complexity index is 274. The molecule has 106 valence electrons. The van der Waals surface area contributed by atoms with E-state index in [0.717, 1.165) is 6.42 Å². The average Bonchev–Trinajstić information content (AvgIpc) is 2.22. The fraction of sp³-hybridized carbons (Fsp3) is 0.857. The van der Waals surface area contributed by atoms with Gasteiger partial charge in [0.1, 0.15) is 6.54 Å². The fourth-order valence-corrected chi connectivity index (χ4v) is 2.06. The van der Waals surface area contributed by atoms with Gasteiger partial charge in [0.15, 0.2) is 0 Å². The third-order valence-electron chi connectivity index (χ3n) is 3.17. The lowest BCUT2D eigenvalue weighted by atomic mass is 9.89. The normalized spacial score (nSPS) is 12.8. The molecule has 0 aromatic carbocycles. The molecule has 0 aliphatic carbocycles. The van der Waals surface area contributed by atoms with Crippen molar-refractivity contribution in [2.24, 2.45) is 17.8 Å². The van der Waals surface area contributed by atoms with Crippen molar-refractivity contribution in [2.45, 2.75) is 47.5 Å². The van der Waals surface area contributed by atoms with Gasteiger partial charge in [-0.1, -0.05) is 41.0 Å². The lowest BCUT2D eigenvalue weighted by Crippen LogP contribution is -2.39. The Hall–Kier alpha value is -1.06. The Morgan fingerprint density at radius 2 is 1.72 bits per heavy atom. The molecule has 1 amide bonds. The summed E-state index contributed by atoms with van der Waals surface area (Å²) in [6.45, 7) is 10.6. The minimum atomic E-state index is -0.943. The van der Waals surface area contributed by atoms with Crippen molar-refractivity contribution < 1.29 is 14.7 Å². The lowest BCUT2D eigenvalue weighted by molar-refractivity contribution is -0.145. The summed E-state index contributed by atoms with van der Waals surface area (Å²) in [5.74, 6) is 0.0892. The van der Waals surface area contributed by atoms with Crippen LogP contribution in [0, 0.1) is 17.8 Å². The van der Waals surface area contributed by atoms with Crippen molar-refractivity contribution in [1.82, 2.24) is 4.90 Å². The monoisotopic (exact) mass is 257 g/mol. The van der Waals surface area contributed by atoms with E-state index in [9.17, 15) is 9.59 Å². The van der Waals surface area contributed by atoms with Gasteiger partial charge < -0.3 is 10.0 Å². The maximum Gasteiger partial charge on any atom is 0.323 e. The third-order valence-corrected chi connectivity index (χ3v) is 3.17. The molecule has 0 radical (unpaired) electrons. The van der Waals surface area contributed by atoms with Crippen molar-refractivity contribution >= 4 is 11.9 Å². The minimum absolute atomic E-state index is 0.0355. The Morgan fingerprint density at radius 3 is 2.06 bits per heavy atom. The second kappa shape index (κ2) is 8.11. The van der Waals surface area contributed by atoms with Gasteiger partial charge in [0.2, 0.25) is 5.91 Å². The number of carbonyl (C=O) groups excluding carboxylic acids is 1. The van der Waals surface area contributed by atoms with Gasteiger partial charge >= 0.3 is 5.97 Å². The Morgan fingerprint density at radius 1 is 1.17 bits per heavy atom. The summed E-state index contributed by atoms with van der Waals surface area (Å²) in [6.07, 6.45) is 1.40. The predicted molar refractivity (Wildman–Crippen MR) is 72.3 cm³/mol. The molecule has 0 spiro atoms. The van der Waals surface area contributed by atoms with Gasteiger partial charge in [0.25, 0.3) is 0 Å². The van der Waals surface area contributed by atoms with Crippen molar-refractivity contribution in [3.05, 3.63) is 0 Å². The lowest BCUT2D eigenvalue weighted by Gasteiger charge is -2.26. The van der Waals surface area contributed by atoms with Gasteiger partial charge in [-0.05, 0) is 17.8 Å². The summed E-state index contributed by atoms with van der Waals surface area (Å²) < 4.78 is 0. The van der Waals surface area contributed by atoms with Crippen LogP contribution in [-0.2, 0) is 9.59 Å². The molecule has 1 N–H and O–H groups in total. The van der Waals surface area contributed by atoms with E-state index in [2.05, 4.69) is 20.8 Å². The van der Waals surface area contributed by atoms with Crippen molar-refractivity contribution in [2.75, 3.05) is 13.1 Å². The van der Waals surface area contributed by atoms with Crippen LogP contribution in [0.3, 0.4) is 0 Å². The highest BCUT2D eigenvalue weighted by atomic mass is 16.4. The Kier molecular flexibility index (Phi) is 7.64. The highest BCUT2D eigenvalue weighted by Gasteiger charge is 2.22. The maximum atomic E-state index is 12.2. The number of amides is 1. The van der Waals surface area contributed by atoms with Crippen molar-refractivity contribution in [3.63, 3.8) is 0 Å². The molecule has 0 aliphatic heterocycles. The number of hydrogen-bond donors (Lipinski definition) is 1. The molecule has 0 saturated heterocycles. The number of carbonyl (C=O) groups is 2. The largest absolute Gasteiger partial charge is 0.480 e. The molecule has 18 heavy (non-hydrogen) atoms.